The molecule has 3 aromatic rings. The van der Waals surface area contributed by atoms with Crippen molar-refractivity contribution >= 4 is 5.82 Å². The van der Waals surface area contributed by atoms with Crippen LogP contribution in [0.4, 0.5) is 5.82 Å². The van der Waals surface area contributed by atoms with Gasteiger partial charge in [0, 0.05) is 18.2 Å². The molecule has 2 N–H and O–H groups in total. The van der Waals surface area contributed by atoms with Gasteiger partial charge < -0.3 is 15.4 Å². The molecule has 2 aliphatic heterocycles. The fourth-order valence-corrected chi connectivity index (χ4v) is 4.37. The normalized spacial score (nSPS) is 19.6. The Labute approximate surface area is 165 Å². The van der Waals surface area contributed by atoms with Crippen molar-refractivity contribution in [1.29, 1.82) is 0 Å². The number of nitrogens with one attached hydrogen (secondary N) is 2. The molecule has 1 aromatic heterocycles. The summed E-state index contributed by atoms with van der Waals surface area (Å²) in [7, 11) is 0. The van der Waals surface area contributed by atoms with Gasteiger partial charge in [0.15, 0.2) is 0 Å². The van der Waals surface area contributed by atoms with E-state index in [1.807, 2.05) is 42.5 Å². The molecule has 1 saturated heterocycles. The van der Waals surface area contributed by atoms with Crippen LogP contribution < -0.4 is 15.4 Å². The van der Waals surface area contributed by atoms with Crippen molar-refractivity contribution in [2.45, 2.75) is 25.3 Å². The predicted molar refractivity (Wildman–Crippen MR) is 112 cm³/mol. The second-order valence-electron chi connectivity index (χ2n) is 7.67. The summed E-state index contributed by atoms with van der Waals surface area (Å²) in [6, 6.07) is 20.8. The second kappa shape index (κ2) is 7.68. The quantitative estimate of drug-likeness (QED) is 0.695. The number of piperidine rings is 1. The zero-order valence-corrected chi connectivity index (χ0v) is 16.0. The summed E-state index contributed by atoms with van der Waals surface area (Å²) in [5, 5.41) is 12.0. The lowest BCUT2D eigenvalue weighted by atomic mass is 9.88. The zero-order chi connectivity index (χ0) is 18.8. The van der Waals surface area contributed by atoms with Crippen LogP contribution in [0.25, 0.3) is 11.3 Å². The highest BCUT2D eigenvalue weighted by Gasteiger charge is 2.30. The Kier molecular flexibility index (Phi) is 4.75. The summed E-state index contributed by atoms with van der Waals surface area (Å²) >= 11 is 0. The third-order valence-electron chi connectivity index (χ3n) is 5.85. The summed E-state index contributed by atoms with van der Waals surface area (Å²) < 4.78 is 8.14. The maximum absolute atomic E-state index is 5.90. The molecule has 5 nitrogen and oxygen atoms in total. The average molecular weight is 374 g/mol. The fraction of sp³-hybridized carbons (Fsp3) is 0.348. The standard InChI is InChI=1S/C23H26N4O/c1-2-4-19(5-3-1)28-20-8-6-17(7-9-20)21-16-23-25-15-12-22(27(23)26-21)18-10-13-24-14-11-18/h1-9,16,18,22,24-25H,10-15H2/t22-/m0/s1. The van der Waals surface area contributed by atoms with Crippen molar-refractivity contribution < 1.29 is 4.74 Å². The number of benzene rings is 2. The van der Waals surface area contributed by atoms with E-state index in [-0.39, 0.29) is 0 Å². The van der Waals surface area contributed by atoms with Gasteiger partial charge in [0.1, 0.15) is 17.3 Å². The van der Waals surface area contributed by atoms with Crippen LogP contribution in [0.1, 0.15) is 25.3 Å². The van der Waals surface area contributed by atoms with Crippen LogP contribution >= 0.6 is 0 Å². The summed E-state index contributed by atoms with van der Waals surface area (Å²) in [5.41, 5.74) is 2.14. The molecular weight excluding hydrogens is 348 g/mol. The van der Waals surface area contributed by atoms with Crippen LogP contribution in [0.15, 0.2) is 60.7 Å². The monoisotopic (exact) mass is 374 g/mol. The third-order valence-corrected chi connectivity index (χ3v) is 5.85. The number of hydrogen-bond donors (Lipinski definition) is 2. The molecule has 3 heterocycles. The average Bonchev–Trinajstić information content (AvgIpc) is 3.20. The molecule has 0 amide bonds. The number of nitrogens with zero attached hydrogens (tertiary/aromatic N) is 2. The molecule has 0 radical (unpaired) electrons. The molecule has 144 valence electrons. The number of fused-ring (bicyclic) bond motifs is 1. The van der Waals surface area contributed by atoms with Crippen molar-refractivity contribution in [2.24, 2.45) is 5.92 Å². The maximum Gasteiger partial charge on any atom is 0.127 e. The Bertz CT molecular complexity index is 914. The van der Waals surface area contributed by atoms with Crippen LogP contribution in [-0.2, 0) is 0 Å². The van der Waals surface area contributed by atoms with Crippen LogP contribution in [-0.4, -0.2) is 29.4 Å². The first kappa shape index (κ1) is 17.3. The highest BCUT2D eigenvalue weighted by molar-refractivity contribution is 5.64. The summed E-state index contributed by atoms with van der Waals surface area (Å²) in [6.07, 6.45) is 3.64. The highest BCUT2D eigenvalue weighted by atomic mass is 16.5. The van der Waals surface area contributed by atoms with E-state index in [0.717, 1.165) is 60.5 Å². The van der Waals surface area contributed by atoms with Gasteiger partial charge in [-0.1, -0.05) is 18.2 Å². The number of para-hydroxylation sites is 1. The minimum absolute atomic E-state index is 0.507. The molecule has 2 aliphatic rings. The Morgan fingerprint density at radius 3 is 2.39 bits per heavy atom. The first-order valence-electron chi connectivity index (χ1n) is 10.2. The second-order valence-corrected chi connectivity index (χ2v) is 7.67. The van der Waals surface area contributed by atoms with E-state index in [1.165, 1.54) is 12.8 Å². The first-order chi connectivity index (χ1) is 13.9. The van der Waals surface area contributed by atoms with Gasteiger partial charge >= 0.3 is 0 Å². The van der Waals surface area contributed by atoms with Crippen molar-refractivity contribution in [3.63, 3.8) is 0 Å². The molecule has 1 fully saturated rings. The Morgan fingerprint density at radius 2 is 1.61 bits per heavy atom. The van der Waals surface area contributed by atoms with E-state index in [0.29, 0.717) is 6.04 Å². The highest BCUT2D eigenvalue weighted by Crippen LogP contribution is 2.36. The van der Waals surface area contributed by atoms with Gasteiger partial charge in [-0.3, -0.25) is 0 Å². The molecular formula is C23H26N4O. The summed E-state index contributed by atoms with van der Waals surface area (Å²) in [5.74, 6) is 3.55. The van der Waals surface area contributed by atoms with E-state index in [9.17, 15) is 0 Å². The van der Waals surface area contributed by atoms with Crippen LogP contribution in [0, 0.1) is 5.92 Å². The Balaban J connectivity index is 1.36. The number of aromatic nitrogens is 2. The van der Waals surface area contributed by atoms with Gasteiger partial charge in [0.2, 0.25) is 0 Å². The molecule has 0 saturated carbocycles. The summed E-state index contributed by atoms with van der Waals surface area (Å²) in [4.78, 5) is 0. The first-order valence-corrected chi connectivity index (χ1v) is 10.2. The lowest BCUT2D eigenvalue weighted by molar-refractivity contribution is 0.232. The van der Waals surface area contributed by atoms with Crippen LogP contribution in [0.3, 0.4) is 0 Å². The van der Waals surface area contributed by atoms with Gasteiger partial charge in [-0.2, -0.15) is 5.10 Å². The molecule has 1 atom stereocenters. The molecule has 2 aromatic carbocycles. The molecule has 28 heavy (non-hydrogen) atoms. The summed E-state index contributed by atoms with van der Waals surface area (Å²) in [6.45, 7) is 3.28. The zero-order valence-electron chi connectivity index (χ0n) is 16.0. The Morgan fingerprint density at radius 1 is 0.857 bits per heavy atom. The van der Waals surface area contributed by atoms with E-state index >= 15 is 0 Å². The maximum atomic E-state index is 5.90. The van der Waals surface area contributed by atoms with Crippen molar-refractivity contribution in [1.82, 2.24) is 15.1 Å². The molecule has 0 aliphatic carbocycles. The smallest absolute Gasteiger partial charge is 0.127 e. The van der Waals surface area contributed by atoms with Crippen LogP contribution in [0.2, 0.25) is 0 Å². The van der Waals surface area contributed by atoms with E-state index < -0.39 is 0 Å². The molecule has 0 spiro atoms. The number of ether oxygens (including phenoxy) is 1. The van der Waals surface area contributed by atoms with Crippen molar-refractivity contribution in [3.8, 4) is 22.8 Å². The topological polar surface area (TPSA) is 51.1 Å². The van der Waals surface area contributed by atoms with Gasteiger partial charge in [0.05, 0.1) is 11.7 Å². The van der Waals surface area contributed by atoms with E-state index in [2.05, 4.69) is 33.5 Å². The fourth-order valence-electron chi connectivity index (χ4n) is 4.37. The SMILES string of the molecule is c1ccc(Oc2ccc(-c3cc4n(n3)[C@H](C3CCNCC3)CCN4)cc2)cc1. The largest absolute Gasteiger partial charge is 0.457 e. The van der Waals surface area contributed by atoms with Gasteiger partial charge in [-0.25, -0.2) is 4.68 Å². The van der Waals surface area contributed by atoms with Crippen molar-refractivity contribution in [2.75, 3.05) is 25.0 Å². The van der Waals surface area contributed by atoms with Gasteiger partial charge in [0.25, 0.3) is 0 Å². The number of rotatable bonds is 4. The number of anilines is 1. The lowest BCUT2D eigenvalue weighted by Gasteiger charge is -2.34. The predicted octanol–water partition coefficient (Wildman–Crippen LogP) is 4.70. The minimum atomic E-state index is 0.507. The molecule has 0 bridgehead atoms. The lowest BCUT2D eigenvalue weighted by Crippen LogP contribution is -2.36. The molecule has 5 rings (SSSR count). The third kappa shape index (κ3) is 3.50. The molecule has 0 unspecified atom stereocenters. The minimum Gasteiger partial charge on any atom is -0.457 e. The van der Waals surface area contributed by atoms with E-state index in [4.69, 9.17) is 9.84 Å². The Hall–Kier alpha value is -2.79. The van der Waals surface area contributed by atoms with Gasteiger partial charge in [-0.05, 0) is 74.7 Å². The molecule has 5 heteroatoms. The van der Waals surface area contributed by atoms with Crippen LogP contribution in [0.5, 0.6) is 11.5 Å². The van der Waals surface area contributed by atoms with Gasteiger partial charge in [-0.15, -0.1) is 0 Å². The number of hydrogen-bond acceptors (Lipinski definition) is 4. The van der Waals surface area contributed by atoms with E-state index in [1.54, 1.807) is 0 Å². The van der Waals surface area contributed by atoms with Crippen molar-refractivity contribution in [3.05, 3.63) is 60.7 Å².